The number of aryl methyl sites for hydroxylation is 1. The molecule has 1 heterocycles. The maximum atomic E-state index is 11.6. The molecule has 0 amide bonds. The third kappa shape index (κ3) is 12.4. The van der Waals surface area contributed by atoms with E-state index in [9.17, 15) is 4.79 Å². The molecule has 1 rings (SSSR count). The first kappa shape index (κ1) is 23.4. The SMILES string of the molecule is CCNC(=NCCCCCCC(=O)OC(C)(C)C)NCCc1csc(C)n1. The molecule has 0 atom stereocenters. The van der Waals surface area contributed by atoms with E-state index in [1.54, 1.807) is 11.3 Å². The lowest BCUT2D eigenvalue weighted by atomic mass is 10.1. The predicted molar refractivity (Wildman–Crippen MR) is 113 cm³/mol. The van der Waals surface area contributed by atoms with Crippen molar-refractivity contribution in [3.8, 4) is 0 Å². The summed E-state index contributed by atoms with van der Waals surface area (Å²) in [6.45, 7) is 12.3. The zero-order valence-corrected chi connectivity index (χ0v) is 18.4. The molecule has 0 aliphatic carbocycles. The molecule has 0 radical (unpaired) electrons. The average Bonchev–Trinajstić information content (AvgIpc) is 2.97. The van der Waals surface area contributed by atoms with Gasteiger partial charge in [-0.15, -0.1) is 11.3 Å². The number of rotatable bonds is 11. The van der Waals surface area contributed by atoms with E-state index in [2.05, 4.69) is 32.9 Å². The molecule has 2 N–H and O–H groups in total. The van der Waals surface area contributed by atoms with Crippen LogP contribution in [0.25, 0.3) is 0 Å². The van der Waals surface area contributed by atoms with Crippen LogP contribution in [0, 0.1) is 6.92 Å². The fourth-order valence-corrected chi connectivity index (χ4v) is 3.14. The summed E-state index contributed by atoms with van der Waals surface area (Å²) in [5.74, 6) is 0.757. The Morgan fingerprint density at radius 3 is 2.59 bits per heavy atom. The molecule has 0 unspecified atom stereocenters. The van der Waals surface area contributed by atoms with Crippen LogP contribution in [0.15, 0.2) is 10.4 Å². The van der Waals surface area contributed by atoms with Crippen molar-refractivity contribution in [2.24, 2.45) is 4.99 Å². The fraction of sp³-hybridized carbons (Fsp3) is 0.750. The van der Waals surface area contributed by atoms with Crippen LogP contribution in [-0.2, 0) is 16.0 Å². The normalized spacial score (nSPS) is 12.1. The fourth-order valence-electron chi connectivity index (χ4n) is 2.49. The van der Waals surface area contributed by atoms with E-state index >= 15 is 0 Å². The van der Waals surface area contributed by atoms with Gasteiger partial charge in [-0.2, -0.15) is 0 Å². The first-order valence-electron chi connectivity index (χ1n) is 9.95. The largest absolute Gasteiger partial charge is 0.460 e. The standard InChI is InChI=1S/C20H36N4O2S/c1-6-21-19(23-14-12-17-15-27-16(2)24-17)22-13-10-8-7-9-11-18(25)26-20(3,4)5/h15H,6-14H2,1-5H3,(H2,21,22,23). The van der Waals surface area contributed by atoms with Gasteiger partial charge >= 0.3 is 5.97 Å². The Balaban J connectivity index is 2.15. The van der Waals surface area contributed by atoms with Crippen LogP contribution >= 0.6 is 11.3 Å². The highest BCUT2D eigenvalue weighted by atomic mass is 32.1. The van der Waals surface area contributed by atoms with E-state index in [0.29, 0.717) is 6.42 Å². The number of hydrogen-bond acceptors (Lipinski definition) is 5. The van der Waals surface area contributed by atoms with E-state index in [1.807, 2.05) is 27.7 Å². The highest BCUT2D eigenvalue weighted by molar-refractivity contribution is 7.09. The molecule has 27 heavy (non-hydrogen) atoms. The second-order valence-electron chi connectivity index (χ2n) is 7.55. The highest BCUT2D eigenvalue weighted by Gasteiger charge is 2.15. The van der Waals surface area contributed by atoms with Gasteiger partial charge < -0.3 is 15.4 Å². The van der Waals surface area contributed by atoms with Gasteiger partial charge in [-0.1, -0.05) is 12.8 Å². The maximum Gasteiger partial charge on any atom is 0.306 e. The van der Waals surface area contributed by atoms with Crippen molar-refractivity contribution in [2.45, 2.75) is 78.7 Å². The second kappa shape index (κ2) is 12.7. The Morgan fingerprint density at radius 2 is 1.96 bits per heavy atom. The summed E-state index contributed by atoms with van der Waals surface area (Å²) in [6, 6.07) is 0. The number of ether oxygens (including phenoxy) is 1. The van der Waals surface area contributed by atoms with Gasteiger partial charge in [0.1, 0.15) is 5.60 Å². The number of unbranched alkanes of at least 4 members (excludes halogenated alkanes) is 3. The number of nitrogens with zero attached hydrogens (tertiary/aromatic N) is 2. The molecule has 1 aromatic rings. The van der Waals surface area contributed by atoms with Crippen molar-refractivity contribution in [2.75, 3.05) is 19.6 Å². The van der Waals surface area contributed by atoms with Crippen LogP contribution in [0.1, 0.15) is 70.5 Å². The lowest BCUT2D eigenvalue weighted by molar-refractivity contribution is -0.154. The number of hydrogen-bond donors (Lipinski definition) is 2. The molecule has 0 saturated carbocycles. The predicted octanol–water partition coefficient (Wildman–Crippen LogP) is 3.84. The lowest BCUT2D eigenvalue weighted by Gasteiger charge is -2.19. The molecule has 7 heteroatoms. The van der Waals surface area contributed by atoms with Crippen molar-refractivity contribution in [1.82, 2.24) is 15.6 Å². The molecule has 0 aliphatic heterocycles. The molecule has 0 spiro atoms. The summed E-state index contributed by atoms with van der Waals surface area (Å²) in [4.78, 5) is 20.7. The molecular weight excluding hydrogens is 360 g/mol. The van der Waals surface area contributed by atoms with Gasteiger partial charge in [0.2, 0.25) is 0 Å². The number of carbonyl (C=O) groups excluding carboxylic acids is 1. The summed E-state index contributed by atoms with van der Waals surface area (Å²) < 4.78 is 5.31. The monoisotopic (exact) mass is 396 g/mol. The molecule has 0 bridgehead atoms. The maximum absolute atomic E-state index is 11.6. The minimum absolute atomic E-state index is 0.102. The van der Waals surface area contributed by atoms with E-state index in [0.717, 1.165) is 68.4 Å². The van der Waals surface area contributed by atoms with Crippen molar-refractivity contribution >= 4 is 23.3 Å². The molecule has 154 valence electrons. The molecule has 0 saturated heterocycles. The summed E-state index contributed by atoms with van der Waals surface area (Å²) >= 11 is 1.69. The molecule has 0 fully saturated rings. The van der Waals surface area contributed by atoms with Gasteiger partial charge in [-0.25, -0.2) is 4.98 Å². The number of aliphatic imine (C=N–C) groups is 1. The number of carbonyl (C=O) groups is 1. The zero-order valence-electron chi connectivity index (χ0n) is 17.6. The van der Waals surface area contributed by atoms with Crippen LogP contribution in [0.2, 0.25) is 0 Å². The zero-order chi connectivity index (χ0) is 20.1. The number of aromatic nitrogens is 1. The summed E-state index contributed by atoms with van der Waals surface area (Å²) in [7, 11) is 0. The van der Waals surface area contributed by atoms with Crippen LogP contribution in [0.5, 0.6) is 0 Å². The Bertz CT molecular complexity index is 579. The third-order valence-corrected chi connectivity index (χ3v) is 4.49. The van der Waals surface area contributed by atoms with Gasteiger partial charge in [-0.3, -0.25) is 9.79 Å². The lowest BCUT2D eigenvalue weighted by Crippen LogP contribution is -2.38. The van der Waals surface area contributed by atoms with E-state index in [4.69, 9.17) is 4.74 Å². The quantitative estimate of drug-likeness (QED) is 0.257. The van der Waals surface area contributed by atoms with Crippen LogP contribution < -0.4 is 10.6 Å². The first-order chi connectivity index (χ1) is 12.8. The van der Waals surface area contributed by atoms with Gasteiger partial charge in [0, 0.05) is 37.9 Å². The van der Waals surface area contributed by atoms with Crippen LogP contribution in [-0.4, -0.2) is 42.1 Å². The van der Waals surface area contributed by atoms with Crippen LogP contribution in [0.4, 0.5) is 0 Å². The Labute approximate surface area is 168 Å². The van der Waals surface area contributed by atoms with Gasteiger partial charge in [0.05, 0.1) is 10.7 Å². The summed E-state index contributed by atoms with van der Waals surface area (Å²) in [6.07, 6.45) is 5.41. The topological polar surface area (TPSA) is 75.6 Å². The molecule has 6 nitrogen and oxygen atoms in total. The summed E-state index contributed by atoms with van der Waals surface area (Å²) in [5.41, 5.74) is 0.741. The van der Waals surface area contributed by atoms with Crippen molar-refractivity contribution in [3.63, 3.8) is 0 Å². The van der Waals surface area contributed by atoms with E-state index < -0.39 is 0 Å². The van der Waals surface area contributed by atoms with Crippen molar-refractivity contribution < 1.29 is 9.53 Å². The number of thiazole rings is 1. The number of guanidine groups is 1. The minimum atomic E-state index is -0.389. The molecule has 0 aliphatic rings. The van der Waals surface area contributed by atoms with Gasteiger partial charge in [-0.05, 0) is 47.5 Å². The smallest absolute Gasteiger partial charge is 0.306 e. The molecule has 1 aromatic heterocycles. The minimum Gasteiger partial charge on any atom is -0.460 e. The van der Waals surface area contributed by atoms with Crippen LogP contribution in [0.3, 0.4) is 0 Å². The third-order valence-electron chi connectivity index (χ3n) is 3.66. The van der Waals surface area contributed by atoms with Gasteiger partial charge in [0.15, 0.2) is 5.96 Å². The first-order valence-corrected chi connectivity index (χ1v) is 10.8. The van der Waals surface area contributed by atoms with Crippen molar-refractivity contribution in [3.05, 3.63) is 16.1 Å². The van der Waals surface area contributed by atoms with Crippen molar-refractivity contribution in [1.29, 1.82) is 0 Å². The average molecular weight is 397 g/mol. The Morgan fingerprint density at radius 1 is 1.22 bits per heavy atom. The number of esters is 1. The molecule has 0 aromatic carbocycles. The second-order valence-corrected chi connectivity index (χ2v) is 8.61. The Kier molecular flexibility index (Phi) is 11.0. The summed E-state index contributed by atoms with van der Waals surface area (Å²) in [5, 5.41) is 9.85. The van der Waals surface area contributed by atoms with Gasteiger partial charge in [0.25, 0.3) is 0 Å². The molecular formula is C20H36N4O2S. The highest BCUT2D eigenvalue weighted by Crippen LogP contribution is 2.11. The van der Waals surface area contributed by atoms with E-state index in [1.165, 1.54) is 0 Å². The van der Waals surface area contributed by atoms with E-state index in [-0.39, 0.29) is 11.6 Å². The number of nitrogens with one attached hydrogen (secondary N) is 2. The Hall–Kier alpha value is -1.63.